The molecule has 3 rings (SSSR count). The molecule has 2 atom stereocenters. The molecule has 0 spiro atoms. The van der Waals surface area contributed by atoms with Gasteiger partial charge in [0.2, 0.25) is 0 Å². The fourth-order valence-electron chi connectivity index (χ4n) is 3.10. The molecule has 0 bridgehead atoms. The van der Waals surface area contributed by atoms with Gasteiger partial charge in [0.1, 0.15) is 6.10 Å². The van der Waals surface area contributed by atoms with E-state index in [1.807, 2.05) is 12.1 Å². The minimum absolute atomic E-state index is 0.0240. The first kappa shape index (κ1) is 15.2. The highest BCUT2D eigenvalue weighted by molar-refractivity contribution is 5.74. The van der Waals surface area contributed by atoms with Gasteiger partial charge in [0.05, 0.1) is 11.6 Å². The quantitative estimate of drug-likeness (QED) is 0.870. The summed E-state index contributed by atoms with van der Waals surface area (Å²) in [5.74, 6) is 0. The largest absolute Gasteiger partial charge is 0.376 e. The Morgan fingerprint density at radius 1 is 1.55 bits per heavy atom. The summed E-state index contributed by atoms with van der Waals surface area (Å²) in [6.45, 7) is 1.20. The van der Waals surface area contributed by atoms with Gasteiger partial charge in [-0.2, -0.15) is 0 Å². The topological polar surface area (TPSA) is 72.5 Å². The Balaban J connectivity index is 1.52. The zero-order valence-corrected chi connectivity index (χ0v) is 12.9. The Kier molecular flexibility index (Phi) is 4.59. The fraction of sp³-hybridized carbons (Fsp3) is 0.625. The second-order valence-electron chi connectivity index (χ2n) is 6.04. The van der Waals surface area contributed by atoms with E-state index in [9.17, 15) is 4.79 Å². The third-order valence-electron chi connectivity index (χ3n) is 4.69. The van der Waals surface area contributed by atoms with Gasteiger partial charge >= 0.3 is 6.03 Å². The molecule has 0 unspecified atom stereocenters. The zero-order valence-electron chi connectivity index (χ0n) is 12.9. The molecule has 6 nitrogen and oxygen atoms in total. The SMILES string of the molecule is COC1(CNC(=O)N[C@H]2CCO[C@@H]2c2cccnc2)CCC1. The number of carbonyl (C=O) groups is 1. The molecule has 1 aliphatic heterocycles. The molecule has 1 aromatic rings. The van der Waals surface area contributed by atoms with E-state index in [0.29, 0.717) is 13.2 Å². The van der Waals surface area contributed by atoms with Crippen LogP contribution in [0.25, 0.3) is 0 Å². The summed E-state index contributed by atoms with van der Waals surface area (Å²) in [5.41, 5.74) is 0.837. The molecule has 6 heteroatoms. The molecule has 2 aliphatic rings. The number of carbonyl (C=O) groups excluding carboxylic acids is 1. The van der Waals surface area contributed by atoms with Crippen LogP contribution in [0, 0.1) is 0 Å². The maximum atomic E-state index is 12.1. The smallest absolute Gasteiger partial charge is 0.315 e. The predicted octanol–water partition coefficient (Wildman–Crippen LogP) is 1.78. The zero-order chi connectivity index (χ0) is 15.4. The summed E-state index contributed by atoms with van der Waals surface area (Å²) in [6.07, 6.45) is 7.38. The van der Waals surface area contributed by atoms with E-state index >= 15 is 0 Å². The van der Waals surface area contributed by atoms with E-state index in [1.54, 1.807) is 19.5 Å². The van der Waals surface area contributed by atoms with Crippen molar-refractivity contribution < 1.29 is 14.3 Å². The van der Waals surface area contributed by atoms with Crippen LogP contribution in [0.1, 0.15) is 37.4 Å². The number of pyridine rings is 1. The first-order chi connectivity index (χ1) is 10.7. The molecule has 22 heavy (non-hydrogen) atoms. The Morgan fingerprint density at radius 3 is 3.05 bits per heavy atom. The van der Waals surface area contributed by atoms with Crippen molar-refractivity contribution in [2.75, 3.05) is 20.3 Å². The lowest BCUT2D eigenvalue weighted by molar-refractivity contribution is -0.0674. The second kappa shape index (κ2) is 6.62. The van der Waals surface area contributed by atoms with Crippen molar-refractivity contribution in [1.82, 2.24) is 15.6 Å². The first-order valence-electron chi connectivity index (χ1n) is 7.83. The van der Waals surface area contributed by atoms with Crippen molar-refractivity contribution in [1.29, 1.82) is 0 Å². The molecular formula is C16H23N3O3. The summed E-state index contributed by atoms with van der Waals surface area (Å²) in [4.78, 5) is 16.2. The number of aromatic nitrogens is 1. The highest BCUT2D eigenvalue weighted by Crippen LogP contribution is 2.34. The molecule has 2 fully saturated rings. The van der Waals surface area contributed by atoms with Crippen LogP contribution in [-0.2, 0) is 9.47 Å². The number of nitrogens with one attached hydrogen (secondary N) is 2. The predicted molar refractivity (Wildman–Crippen MR) is 81.5 cm³/mol. The van der Waals surface area contributed by atoms with Crippen LogP contribution in [0.2, 0.25) is 0 Å². The lowest BCUT2D eigenvalue weighted by Crippen LogP contribution is -2.52. The van der Waals surface area contributed by atoms with Crippen molar-refractivity contribution in [2.45, 2.75) is 43.4 Å². The highest BCUT2D eigenvalue weighted by atomic mass is 16.5. The van der Waals surface area contributed by atoms with Gasteiger partial charge in [0.15, 0.2) is 0 Å². The van der Waals surface area contributed by atoms with Gasteiger partial charge in [-0.25, -0.2) is 4.79 Å². The highest BCUT2D eigenvalue weighted by Gasteiger charge is 2.37. The number of hydrogen-bond acceptors (Lipinski definition) is 4. The van der Waals surface area contributed by atoms with E-state index in [1.165, 1.54) is 0 Å². The van der Waals surface area contributed by atoms with E-state index in [4.69, 9.17) is 9.47 Å². The van der Waals surface area contributed by atoms with Crippen molar-refractivity contribution in [3.8, 4) is 0 Å². The minimum Gasteiger partial charge on any atom is -0.376 e. The number of rotatable bonds is 5. The maximum Gasteiger partial charge on any atom is 0.315 e. The third kappa shape index (κ3) is 3.23. The van der Waals surface area contributed by atoms with Gasteiger partial charge in [-0.15, -0.1) is 0 Å². The molecule has 2 amide bonds. The molecule has 2 N–H and O–H groups in total. The van der Waals surface area contributed by atoms with E-state index in [-0.39, 0.29) is 23.8 Å². The number of methoxy groups -OCH3 is 1. The fourth-order valence-corrected chi connectivity index (χ4v) is 3.10. The Morgan fingerprint density at radius 2 is 2.41 bits per heavy atom. The summed E-state index contributed by atoms with van der Waals surface area (Å²) < 4.78 is 11.3. The van der Waals surface area contributed by atoms with Gasteiger partial charge in [-0.1, -0.05) is 6.07 Å². The van der Waals surface area contributed by atoms with E-state index < -0.39 is 0 Å². The number of amides is 2. The van der Waals surface area contributed by atoms with Gasteiger partial charge in [0.25, 0.3) is 0 Å². The summed E-state index contributed by atoms with van der Waals surface area (Å²) in [5, 5.41) is 5.94. The van der Waals surface area contributed by atoms with Gasteiger partial charge in [-0.3, -0.25) is 4.98 Å². The maximum absolute atomic E-state index is 12.1. The van der Waals surface area contributed by atoms with Gasteiger partial charge in [0, 0.05) is 38.2 Å². The minimum atomic E-state index is -0.160. The molecule has 120 valence electrons. The average molecular weight is 305 g/mol. The van der Waals surface area contributed by atoms with Crippen LogP contribution in [0.15, 0.2) is 24.5 Å². The lowest BCUT2D eigenvalue weighted by atomic mass is 9.80. The first-order valence-corrected chi connectivity index (χ1v) is 7.83. The number of ether oxygens (including phenoxy) is 2. The average Bonchev–Trinajstić information content (AvgIpc) is 2.95. The Labute approximate surface area is 130 Å². The molecular weight excluding hydrogens is 282 g/mol. The number of urea groups is 1. The molecule has 1 saturated carbocycles. The summed E-state index contributed by atoms with van der Waals surface area (Å²) in [7, 11) is 1.71. The van der Waals surface area contributed by atoms with E-state index in [2.05, 4.69) is 15.6 Å². The molecule has 2 heterocycles. The van der Waals surface area contributed by atoms with Crippen LogP contribution in [0.3, 0.4) is 0 Å². The summed E-state index contributed by atoms with van der Waals surface area (Å²) in [6, 6.07) is 3.67. The van der Waals surface area contributed by atoms with Crippen LogP contribution in [0.5, 0.6) is 0 Å². The van der Waals surface area contributed by atoms with Crippen molar-refractivity contribution >= 4 is 6.03 Å². The standard InChI is InChI=1S/C16H23N3O3/c1-21-16(6-3-7-16)11-18-15(20)19-13-5-9-22-14(13)12-4-2-8-17-10-12/h2,4,8,10,13-14H,3,5-7,9,11H2,1H3,(H2,18,19,20)/t13-,14+/m0/s1. The van der Waals surface area contributed by atoms with Crippen LogP contribution in [0.4, 0.5) is 4.79 Å². The number of hydrogen-bond donors (Lipinski definition) is 2. The Hall–Kier alpha value is -1.66. The normalized spacial score (nSPS) is 26.2. The monoisotopic (exact) mass is 305 g/mol. The molecule has 0 aromatic carbocycles. The Bertz CT molecular complexity index is 499. The number of nitrogens with zero attached hydrogens (tertiary/aromatic N) is 1. The van der Waals surface area contributed by atoms with Crippen LogP contribution < -0.4 is 10.6 Å². The van der Waals surface area contributed by atoms with Gasteiger partial charge in [-0.05, 0) is 31.7 Å². The van der Waals surface area contributed by atoms with Crippen LogP contribution in [-0.4, -0.2) is 42.9 Å². The molecule has 0 radical (unpaired) electrons. The molecule has 1 saturated heterocycles. The van der Waals surface area contributed by atoms with Crippen molar-refractivity contribution in [2.24, 2.45) is 0 Å². The van der Waals surface area contributed by atoms with Crippen LogP contribution >= 0.6 is 0 Å². The second-order valence-corrected chi connectivity index (χ2v) is 6.04. The third-order valence-corrected chi connectivity index (χ3v) is 4.69. The van der Waals surface area contributed by atoms with E-state index in [0.717, 1.165) is 31.2 Å². The lowest BCUT2D eigenvalue weighted by Gasteiger charge is -2.40. The molecule has 1 aliphatic carbocycles. The van der Waals surface area contributed by atoms with Gasteiger partial charge < -0.3 is 20.1 Å². The molecule has 1 aromatic heterocycles. The summed E-state index contributed by atoms with van der Waals surface area (Å²) >= 11 is 0. The van der Waals surface area contributed by atoms with Crippen molar-refractivity contribution in [3.05, 3.63) is 30.1 Å². The van der Waals surface area contributed by atoms with Crippen molar-refractivity contribution in [3.63, 3.8) is 0 Å².